The molecule has 0 radical (unpaired) electrons. The number of aliphatic hydroxyl groups excluding tert-OH is 2. The molecule has 0 bridgehead atoms. The molecule has 3 fully saturated rings. The number of pyridine rings is 1. The summed E-state index contributed by atoms with van der Waals surface area (Å²) in [5.74, 6) is -3.23. The standard InChI is InChI=1S/C43H72F3N3O12/c1-14-31-42(10,54)35(50)26(6)49(12)21-22(2)17-40(8,53)37(24(4)33(25(5)38(52)59-31)60-32-18-41(9,55-13)36(51)27(7)57-32)61-39-34(30(47-11)15-23(3)56-39)58-29-16-28(19-48-20-29)43(44,45)46/h16,19-20,22-27,30-37,39,47,50-51,53-54H,14-15,17-18,21H2,1-13H3/t22-,23-,24+,25-,26-,27+,30+,31-,32+,33+,34-,35-,36+,37-,39+,40-,41-,42-/m1/s1. The summed E-state index contributed by atoms with van der Waals surface area (Å²) in [7, 11) is 4.94. The molecule has 4 heterocycles. The molecule has 0 aliphatic carbocycles. The Morgan fingerprint density at radius 2 is 1.64 bits per heavy atom. The highest BCUT2D eigenvalue weighted by Crippen LogP contribution is 2.41. The van der Waals surface area contributed by atoms with E-state index < -0.39 is 120 Å². The van der Waals surface area contributed by atoms with Crippen LogP contribution < -0.4 is 10.1 Å². The molecule has 0 amide bonds. The van der Waals surface area contributed by atoms with Crippen LogP contribution in [0, 0.1) is 17.8 Å². The smallest absolute Gasteiger partial charge is 0.418 e. The van der Waals surface area contributed by atoms with E-state index in [1.165, 1.54) is 20.2 Å². The molecule has 352 valence electrons. The van der Waals surface area contributed by atoms with Gasteiger partial charge in [-0.2, -0.15) is 13.2 Å². The molecule has 4 rings (SSSR count). The maximum atomic E-state index is 14.4. The third-order valence-electron chi connectivity index (χ3n) is 13.2. The molecule has 18 atom stereocenters. The number of aliphatic hydroxyl groups is 4. The fourth-order valence-electron chi connectivity index (χ4n) is 9.45. The Bertz CT molecular complexity index is 1580. The van der Waals surface area contributed by atoms with Gasteiger partial charge in [0, 0.05) is 38.2 Å². The van der Waals surface area contributed by atoms with Gasteiger partial charge in [-0.3, -0.25) is 9.78 Å². The van der Waals surface area contributed by atoms with Gasteiger partial charge in [-0.05, 0) is 93.8 Å². The highest BCUT2D eigenvalue weighted by atomic mass is 19.4. The predicted octanol–water partition coefficient (Wildman–Crippen LogP) is 4.06. The van der Waals surface area contributed by atoms with Gasteiger partial charge in [0.2, 0.25) is 0 Å². The zero-order valence-electron chi connectivity index (χ0n) is 38.0. The summed E-state index contributed by atoms with van der Waals surface area (Å²) >= 11 is 0. The SMILES string of the molecule is CC[C@H]1OC(=O)[C@H](C)[C@@H](O[C@H]2C[C@@](C)(OC)[C@@H](O)[C@H](C)O2)[C@H](C)[C@@H](O[C@@H]2O[C@H](C)C[C@H](NC)[C@H]2Oc2cncc(C(F)(F)F)c2)[C@](C)(O)C[C@@H](C)CN(C)[C@H](C)[C@@H](O)[C@]1(C)O. The number of carbonyl (C=O) groups is 1. The van der Waals surface area contributed by atoms with E-state index in [0.29, 0.717) is 19.2 Å². The molecule has 1 aromatic rings. The second-order valence-corrected chi connectivity index (χ2v) is 18.5. The van der Waals surface area contributed by atoms with Crippen LogP contribution >= 0.6 is 0 Å². The number of cyclic esters (lactones) is 1. The molecule has 0 saturated carbocycles. The molecule has 3 aliphatic rings. The monoisotopic (exact) mass is 880 g/mol. The van der Waals surface area contributed by atoms with Crippen LogP contribution in [0.2, 0.25) is 0 Å². The summed E-state index contributed by atoms with van der Waals surface area (Å²) in [4.78, 5) is 20.0. The average Bonchev–Trinajstić information content (AvgIpc) is 3.18. The topological polar surface area (TPSA) is 191 Å². The van der Waals surface area contributed by atoms with Crippen molar-refractivity contribution in [1.82, 2.24) is 15.2 Å². The molecule has 1 aromatic heterocycles. The van der Waals surface area contributed by atoms with Crippen LogP contribution in [0.4, 0.5) is 13.2 Å². The minimum Gasteiger partial charge on any atom is -0.482 e. The van der Waals surface area contributed by atoms with E-state index in [-0.39, 0.29) is 30.9 Å². The predicted molar refractivity (Wildman–Crippen MR) is 217 cm³/mol. The van der Waals surface area contributed by atoms with E-state index in [4.69, 9.17) is 33.2 Å². The number of halogens is 3. The maximum absolute atomic E-state index is 14.4. The highest BCUT2D eigenvalue weighted by molar-refractivity contribution is 5.73. The van der Waals surface area contributed by atoms with Gasteiger partial charge in [-0.25, -0.2) is 0 Å². The molecule has 3 aliphatic heterocycles. The molecular weight excluding hydrogens is 807 g/mol. The van der Waals surface area contributed by atoms with Crippen molar-refractivity contribution in [2.24, 2.45) is 17.8 Å². The first-order valence-corrected chi connectivity index (χ1v) is 21.4. The van der Waals surface area contributed by atoms with Gasteiger partial charge in [0.1, 0.15) is 29.7 Å². The number of hydrogen-bond acceptors (Lipinski definition) is 15. The van der Waals surface area contributed by atoms with Crippen molar-refractivity contribution in [2.75, 3.05) is 27.7 Å². The normalized spacial score (nSPS) is 44.1. The van der Waals surface area contributed by atoms with E-state index in [1.807, 2.05) is 18.7 Å². The van der Waals surface area contributed by atoms with E-state index in [0.717, 1.165) is 6.07 Å². The molecule has 0 aromatic carbocycles. The van der Waals surface area contributed by atoms with Crippen molar-refractivity contribution >= 4 is 5.97 Å². The number of esters is 1. The lowest BCUT2D eigenvalue weighted by atomic mass is 9.77. The minimum atomic E-state index is -4.68. The highest BCUT2D eigenvalue weighted by Gasteiger charge is 2.53. The number of alkyl halides is 3. The van der Waals surface area contributed by atoms with Crippen molar-refractivity contribution in [3.05, 3.63) is 24.0 Å². The summed E-state index contributed by atoms with van der Waals surface area (Å²) in [6, 6.07) is -0.266. The van der Waals surface area contributed by atoms with Crippen LogP contribution in [-0.2, 0) is 39.4 Å². The van der Waals surface area contributed by atoms with Crippen molar-refractivity contribution in [3.8, 4) is 5.75 Å². The largest absolute Gasteiger partial charge is 0.482 e. The van der Waals surface area contributed by atoms with Crippen LogP contribution in [0.3, 0.4) is 0 Å². The number of hydrogen-bond donors (Lipinski definition) is 5. The third kappa shape index (κ3) is 11.9. The average molecular weight is 880 g/mol. The van der Waals surface area contributed by atoms with E-state index in [2.05, 4.69) is 10.3 Å². The summed E-state index contributed by atoms with van der Waals surface area (Å²) in [5, 5.41) is 50.3. The van der Waals surface area contributed by atoms with Crippen LogP contribution in [0.1, 0.15) is 100 Å². The number of likely N-dealkylation sites (N-methyl/N-ethyl adjacent to an activating group) is 2. The van der Waals surface area contributed by atoms with Crippen LogP contribution in [-0.4, -0.2) is 154 Å². The number of rotatable bonds is 9. The number of nitrogens with one attached hydrogen (secondary N) is 1. The van der Waals surface area contributed by atoms with E-state index >= 15 is 0 Å². The number of methoxy groups -OCH3 is 1. The number of aromatic nitrogens is 1. The first kappa shape index (κ1) is 51.4. The quantitative estimate of drug-likeness (QED) is 0.223. The number of nitrogens with zero attached hydrogens (tertiary/aromatic N) is 2. The molecule has 5 N–H and O–H groups in total. The van der Waals surface area contributed by atoms with Gasteiger partial charge < -0.3 is 63.8 Å². The zero-order valence-corrected chi connectivity index (χ0v) is 38.0. The van der Waals surface area contributed by atoms with Gasteiger partial charge in [-0.1, -0.05) is 20.8 Å². The number of ether oxygens (including phenoxy) is 7. The molecule has 0 unspecified atom stereocenters. The van der Waals surface area contributed by atoms with Gasteiger partial charge in [-0.15, -0.1) is 0 Å². The Hall–Kier alpha value is -2.23. The van der Waals surface area contributed by atoms with Crippen molar-refractivity contribution < 1.29 is 71.5 Å². The second-order valence-electron chi connectivity index (χ2n) is 18.5. The second kappa shape index (κ2) is 20.3. The van der Waals surface area contributed by atoms with E-state index in [1.54, 1.807) is 62.6 Å². The summed E-state index contributed by atoms with van der Waals surface area (Å²) in [6.07, 6.45) is -12.5. The third-order valence-corrected chi connectivity index (χ3v) is 13.2. The Balaban J connectivity index is 1.87. The lowest BCUT2D eigenvalue weighted by molar-refractivity contribution is -0.314. The molecular formula is C43H72F3N3O12. The Morgan fingerprint density at radius 1 is 0.984 bits per heavy atom. The molecule has 15 nitrogen and oxygen atoms in total. The van der Waals surface area contributed by atoms with E-state index in [9.17, 15) is 38.4 Å². The fourth-order valence-corrected chi connectivity index (χ4v) is 9.45. The van der Waals surface area contributed by atoms with Gasteiger partial charge in [0.25, 0.3) is 0 Å². The van der Waals surface area contributed by atoms with Gasteiger partial charge in [0.05, 0.1) is 59.3 Å². The summed E-state index contributed by atoms with van der Waals surface area (Å²) < 4.78 is 85.6. The first-order valence-electron chi connectivity index (χ1n) is 21.4. The van der Waals surface area contributed by atoms with Crippen LogP contribution in [0.5, 0.6) is 5.75 Å². The van der Waals surface area contributed by atoms with Crippen molar-refractivity contribution in [2.45, 2.75) is 191 Å². The lowest BCUT2D eigenvalue weighted by Gasteiger charge is -2.48. The van der Waals surface area contributed by atoms with Crippen LogP contribution in [0.25, 0.3) is 0 Å². The summed E-state index contributed by atoms with van der Waals surface area (Å²) in [5.41, 5.74) is -5.70. The van der Waals surface area contributed by atoms with Crippen molar-refractivity contribution in [3.63, 3.8) is 0 Å². The Labute approximate surface area is 358 Å². The fraction of sp³-hybridized carbons (Fsp3) is 0.860. The zero-order chi connectivity index (χ0) is 46.0. The molecule has 0 spiro atoms. The van der Waals surface area contributed by atoms with Crippen molar-refractivity contribution in [1.29, 1.82) is 0 Å². The van der Waals surface area contributed by atoms with Crippen LogP contribution in [0.15, 0.2) is 18.5 Å². The Morgan fingerprint density at radius 3 is 2.23 bits per heavy atom. The molecule has 18 heteroatoms. The first-order chi connectivity index (χ1) is 28.2. The molecule has 61 heavy (non-hydrogen) atoms. The van der Waals surface area contributed by atoms with Gasteiger partial charge >= 0.3 is 12.1 Å². The van der Waals surface area contributed by atoms with Gasteiger partial charge in [0.15, 0.2) is 18.7 Å². The Kier molecular flexibility index (Phi) is 17.1. The maximum Gasteiger partial charge on any atom is 0.418 e. The lowest BCUT2D eigenvalue weighted by Crippen LogP contribution is -2.61. The minimum absolute atomic E-state index is 0.0513. The summed E-state index contributed by atoms with van der Waals surface area (Å²) in [6.45, 7) is 17.4. The molecule has 3 saturated heterocycles. The number of carbonyl (C=O) groups excluding carboxylic acids is 1.